The van der Waals surface area contributed by atoms with Crippen LogP contribution in [0.4, 0.5) is 0 Å². The van der Waals surface area contributed by atoms with Crippen LogP contribution in [0.2, 0.25) is 0 Å². The van der Waals surface area contributed by atoms with Gasteiger partial charge >= 0.3 is 16.2 Å². The number of Topliss-reactive ketones (excluding diaryl/α,β-unsaturated/α-hetero) is 1. The molecule has 61 heavy (non-hydrogen) atoms. The van der Waals surface area contributed by atoms with Gasteiger partial charge in [0.2, 0.25) is 17.7 Å². The zero-order valence-corrected chi connectivity index (χ0v) is 38.5. The van der Waals surface area contributed by atoms with Crippen LogP contribution < -0.4 is 9.46 Å². The number of aromatic nitrogens is 3. The number of hydrogen-bond acceptors (Lipinski definition) is 11. The van der Waals surface area contributed by atoms with Crippen LogP contribution in [0, 0.1) is 24.2 Å². The number of carbonyl (C=O) groups is 4. The van der Waals surface area contributed by atoms with Crippen LogP contribution in [0.15, 0.2) is 34.8 Å². The summed E-state index contributed by atoms with van der Waals surface area (Å²) in [5.74, 6) is -1.95. The Labute approximate surface area is 360 Å². The molecule has 3 aliphatic rings. The van der Waals surface area contributed by atoms with Crippen molar-refractivity contribution in [3.63, 3.8) is 0 Å². The second-order valence-electron chi connectivity index (χ2n) is 19.6. The lowest BCUT2D eigenvalue weighted by Gasteiger charge is -2.29. The largest absolute Gasteiger partial charge is 0.460 e. The SMILES string of the molecule is Cc1oc(-c2cccc3c2nc(O[C@@H]2C[C@H]4C(=O)C[C@]5(C(=O)NS(=O)(=O)N(C)C)C[C@@H]5/C=C\CCCCC[C@H](CC(=O)OC(C)(C)C)C(=O)N4C2)n3C(C)C)nc1C(C)(C)C. The van der Waals surface area contributed by atoms with E-state index in [0.29, 0.717) is 35.8 Å². The Morgan fingerprint density at radius 3 is 2.43 bits per heavy atom. The van der Waals surface area contributed by atoms with Crippen molar-refractivity contribution in [2.45, 2.75) is 149 Å². The molecule has 0 unspecified atom stereocenters. The minimum atomic E-state index is -4.14. The van der Waals surface area contributed by atoms with E-state index in [4.69, 9.17) is 23.9 Å². The highest BCUT2D eigenvalue weighted by atomic mass is 32.2. The van der Waals surface area contributed by atoms with Crippen LogP contribution in [0.25, 0.3) is 22.5 Å². The smallest absolute Gasteiger partial charge is 0.307 e. The van der Waals surface area contributed by atoms with Crippen molar-refractivity contribution in [1.82, 2.24) is 28.5 Å². The van der Waals surface area contributed by atoms with Gasteiger partial charge in [-0.05, 0) is 85.3 Å². The summed E-state index contributed by atoms with van der Waals surface area (Å²) in [6.45, 7) is 17.5. The molecule has 15 nitrogen and oxygen atoms in total. The molecule has 0 spiro atoms. The van der Waals surface area contributed by atoms with Gasteiger partial charge in [0, 0.05) is 44.3 Å². The highest BCUT2D eigenvalue weighted by Crippen LogP contribution is 2.57. The summed E-state index contributed by atoms with van der Waals surface area (Å²) in [7, 11) is -1.50. The number of ketones is 1. The number of nitrogens with one attached hydrogen (secondary N) is 1. The lowest BCUT2D eigenvalue weighted by atomic mass is 9.90. The maximum absolute atomic E-state index is 14.8. The third-order valence-corrected chi connectivity index (χ3v) is 13.3. The van der Waals surface area contributed by atoms with E-state index in [9.17, 15) is 27.6 Å². The van der Waals surface area contributed by atoms with Crippen LogP contribution in [-0.4, -0.2) is 94.1 Å². The Bertz CT molecular complexity index is 2300. The van der Waals surface area contributed by atoms with E-state index in [1.54, 1.807) is 20.8 Å². The van der Waals surface area contributed by atoms with Crippen molar-refractivity contribution in [2.24, 2.45) is 17.3 Å². The second-order valence-corrected chi connectivity index (χ2v) is 21.5. The van der Waals surface area contributed by atoms with Crippen molar-refractivity contribution in [3.05, 3.63) is 41.8 Å². The summed E-state index contributed by atoms with van der Waals surface area (Å²) < 4.78 is 49.4. The van der Waals surface area contributed by atoms with Gasteiger partial charge in [0.15, 0.2) is 5.78 Å². The number of benzene rings is 1. The molecule has 2 amide bonds. The lowest BCUT2D eigenvalue weighted by molar-refractivity contribution is -0.159. The fourth-order valence-corrected chi connectivity index (χ4v) is 9.35. The first-order valence-electron chi connectivity index (χ1n) is 21.5. The Morgan fingerprint density at radius 1 is 1.07 bits per heavy atom. The number of esters is 1. The first-order chi connectivity index (χ1) is 28.4. The molecular weight excluding hydrogens is 801 g/mol. The number of allylic oxidation sites excluding steroid dienone is 2. The van der Waals surface area contributed by atoms with Crippen molar-refractivity contribution < 1.29 is 41.5 Å². The van der Waals surface area contributed by atoms with Gasteiger partial charge in [-0.25, -0.2) is 9.71 Å². The van der Waals surface area contributed by atoms with Gasteiger partial charge in [-0.1, -0.05) is 51.8 Å². The molecule has 2 aromatic heterocycles. The van der Waals surface area contributed by atoms with Gasteiger partial charge in [-0.3, -0.25) is 23.7 Å². The molecule has 3 aromatic rings. The number of fused-ring (bicyclic) bond motifs is 3. The molecule has 334 valence electrons. The summed E-state index contributed by atoms with van der Waals surface area (Å²) in [5.41, 5.74) is 0.656. The number of amides is 2. The highest BCUT2D eigenvalue weighted by molar-refractivity contribution is 7.87. The number of aryl methyl sites for hydroxylation is 1. The summed E-state index contributed by atoms with van der Waals surface area (Å²) in [5, 5.41) is 0. The molecule has 1 aromatic carbocycles. The fourth-order valence-electron chi connectivity index (χ4n) is 8.73. The third kappa shape index (κ3) is 10.1. The number of nitrogens with zero attached hydrogens (tertiary/aromatic N) is 5. The molecule has 0 radical (unpaired) electrons. The molecule has 6 rings (SSSR count). The van der Waals surface area contributed by atoms with Gasteiger partial charge < -0.3 is 18.8 Å². The normalized spacial score (nSPS) is 24.9. The standard InChI is InChI=1S/C45H64N6O9S/c1-27(2)51-33-21-17-20-32(39-47-38(28(3)58-39)43(4,5)6)37(33)46-42(51)59-31-23-34-35(52)25-45(41(55)48-61(56,57)49(10)11)24-30(45)19-16-14-12-13-15-18-29(40(54)50(34)26-31)22-36(53)60-44(7,8)9/h16-17,19-21,27,29-31,34H,12-15,18,22-26H2,1-11H3,(H,48,55)/b19-16-/t29-,30+,31-,34+,45-/m1/s1. The predicted molar refractivity (Wildman–Crippen MR) is 231 cm³/mol. The van der Waals surface area contributed by atoms with E-state index in [0.717, 1.165) is 40.5 Å². The number of ether oxygens (including phenoxy) is 2. The number of rotatable bonds is 9. The third-order valence-electron chi connectivity index (χ3n) is 11.9. The summed E-state index contributed by atoms with van der Waals surface area (Å²) >= 11 is 0. The van der Waals surface area contributed by atoms with Gasteiger partial charge in [0.1, 0.15) is 23.0 Å². The molecule has 5 atom stereocenters. The lowest BCUT2D eigenvalue weighted by Crippen LogP contribution is -2.47. The molecule has 1 saturated heterocycles. The summed E-state index contributed by atoms with van der Waals surface area (Å²) in [4.78, 5) is 68.0. The quantitative estimate of drug-likeness (QED) is 0.173. The Hall–Kier alpha value is -4.57. The number of hydrogen-bond donors (Lipinski definition) is 1. The molecule has 4 heterocycles. The van der Waals surface area contributed by atoms with Crippen molar-refractivity contribution in [1.29, 1.82) is 0 Å². The molecular formula is C45H64N6O9S. The Kier molecular flexibility index (Phi) is 13.0. The Balaban J connectivity index is 1.37. The highest BCUT2D eigenvalue weighted by Gasteiger charge is 2.61. The van der Waals surface area contributed by atoms with Crippen molar-refractivity contribution >= 4 is 44.8 Å². The van der Waals surface area contributed by atoms with Gasteiger partial charge in [-0.2, -0.15) is 17.7 Å². The van der Waals surface area contributed by atoms with Crippen LogP contribution in [0.1, 0.15) is 131 Å². The molecule has 1 N–H and O–H groups in total. The molecule has 1 aliphatic carbocycles. The van der Waals surface area contributed by atoms with Crippen LogP contribution in [0.3, 0.4) is 0 Å². The van der Waals surface area contributed by atoms with E-state index >= 15 is 0 Å². The van der Waals surface area contributed by atoms with E-state index < -0.39 is 51.2 Å². The number of para-hydroxylation sites is 1. The minimum absolute atomic E-state index is 0.0274. The maximum Gasteiger partial charge on any atom is 0.307 e. The monoisotopic (exact) mass is 864 g/mol. The summed E-state index contributed by atoms with van der Waals surface area (Å²) in [6.07, 6.45) is 6.59. The maximum atomic E-state index is 14.8. The van der Waals surface area contributed by atoms with Crippen LogP contribution >= 0.6 is 0 Å². The van der Waals surface area contributed by atoms with Gasteiger partial charge in [-0.15, -0.1) is 0 Å². The molecule has 0 bridgehead atoms. The summed E-state index contributed by atoms with van der Waals surface area (Å²) in [6, 6.07) is 4.97. The van der Waals surface area contributed by atoms with E-state index in [1.807, 2.05) is 55.7 Å². The van der Waals surface area contributed by atoms with Crippen LogP contribution in [-0.2, 0) is 39.5 Å². The molecule has 2 fully saturated rings. The van der Waals surface area contributed by atoms with E-state index in [2.05, 4.69) is 25.5 Å². The van der Waals surface area contributed by atoms with Crippen LogP contribution in [0.5, 0.6) is 6.01 Å². The molecule has 1 saturated carbocycles. The molecule has 2 aliphatic heterocycles. The number of imidazole rings is 1. The first kappa shape index (κ1) is 45.9. The fraction of sp³-hybridized carbons (Fsp3) is 0.644. The number of oxazole rings is 1. The van der Waals surface area contributed by atoms with Crippen molar-refractivity contribution in [3.8, 4) is 17.5 Å². The Morgan fingerprint density at radius 2 is 1.79 bits per heavy atom. The predicted octanol–water partition coefficient (Wildman–Crippen LogP) is 6.98. The second kappa shape index (κ2) is 17.3. The zero-order chi connectivity index (χ0) is 44.8. The zero-order valence-electron chi connectivity index (χ0n) is 37.7. The van der Waals surface area contributed by atoms with Crippen molar-refractivity contribution in [2.75, 3.05) is 20.6 Å². The number of carbonyl (C=O) groups excluding carboxylic acids is 4. The average molecular weight is 865 g/mol. The van der Waals surface area contributed by atoms with E-state index in [-0.39, 0.29) is 61.3 Å². The van der Waals surface area contributed by atoms with Gasteiger partial charge in [0.25, 0.3) is 6.01 Å². The topological polar surface area (TPSA) is 183 Å². The average Bonchev–Trinajstić information content (AvgIpc) is 3.43. The minimum Gasteiger partial charge on any atom is -0.460 e. The first-order valence-corrected chi connectivity index (χ1v) is 23.0. The molecule has 16 heteroatoms. The van der Waals surface area contributed by atoms with E-state index in [1.165, 1.54) is 19.0 Å². The van der Waals surface area contributed by atoms with Gasteiger partial charge in [0.05, 0.1) is 41.2 Å².